The average Bonchev–Trinajstić information content (AvgIpc) is 3.24. The quantitative estimate of drug-likeness (QED) is 0.529. The number of rotatable bonds is 8. The Bertz CT molecular complexity index is 1040. The molecule has 0 radical (unpaired) electrons. The summed E-state index contributed by atoms with van der Waals surface area (Å²) in [6.07, 6.45) is 3.24. The molecule has 3 aromatic rings. The number of fused-ring (bicyclic) bond motifs is 1. The zero-order chi connectivity index (χ0) is 21.8. The number of methoxy groups -OCH3 is 1. The van der Waals surface area contributed by atoms with Crippen molar-refractivity contribution in [3.8, 4) is 11.5 Å². The van der Waals surface area contributed by atoms with E-state index in [9.17, 15) is 4.79 Å². The van der Waals surface area contributed by atoms with Gasteiger partial charge in [-0.1, -0.05) is 25.1 Å². The summed E-state index contributed by atoms with van der Waals surface area (Å²) in [5.74, 6) is 1.82. The second-order valence-corrected chi connectivity index (χ2v) is 8.26. The third kappa shape index (κ3) is 4.59. The molecule has 1 aliphatic rings. The fourth-order valence-electron chi connectivity index (χ4n) is 4.52. The second-order valence-electron chi connectivity index (χ2n) is 8.26. The van der Waals surface area contributed by atoms with Gasteiger partial charge in [0.25, 0.3) is 0 Å². The van der Waals surface area contributed by atoms with Crippen molar-refractivity contribution < 1.29 is 14.3 Å². The molecule has 2 heterocycles. The van der Waals surface area contributed by atoms with Crippen LogP contribution in [0.1, 0.15) is 55.1 Å². The lowest BCUT2D eigenvalue weighted by Crippen LogP contribution is -2.43. The number of H-pyrrole nitrogens is 1. The van der Waals surface area contributed by atoms with Gasteiger partial charge in [-0.15, -0.1) is 0 Å². The molecule has 0 aliphatic carbocycles. The number of ketones is 1. The minimum Gasteiger partial charge on any atom is -0.493 e. The number of aromatic amines is 1. The van der Waals surface area contributed by atoms with E-state index in [0.29, 0.717) is 35.6 Å². The van der Waals surface area contributed by atoms with Gasteiger partial charge in [0, 0.05) is 28.6 Å². The second kappa shape index (κ2) is 9.52. The van der Waals surface area contributed by atoms with E-state index in [-0.39, 0.29) is 5.78 Å². The SMILES string of the molecule is CCC(COc1ccc(C(C)=O)cc1OC)N1CCC(c2[nH]nc3ccccc23)CC1. The summed E-state index contributed by atoms with van der Waals surface area (Å²) in [5, 5.41) is 9.00. The van der Waals surface area contributed by atoms with E-state index in [2.05, 4.69) is 40.2 Å². The molecule has 1 unspecified atom stereocenters. The molecule has 0 saturated carbocycles. The maximum Gasteiger partial charge on any atom is 0.161 e. The fraction of sp³-hybridized carbons (Fsp3) is 0.440. The van der Waals surface area contributed by atoms with Crippen molar-refractivity contribution in [2.75, 3.05) is 26.8 Å². The smallest absolute Gasteiger partial charge is 0.161 e. The first-order chi connectivity index (χ1) is 15.1. The number of piperidine rings is 1. The molecular formula is C25H31N3O3. The lowest BCUT2D eigenvalue weighted by molar-refractivity contribution is 0.101. The number of carbonyl (C=O) groups excluding carboxylic acids is 1. The minimum absolute atomic E-state index is 0.0178. The predicted octanol–water partition coefficient (Wildman–Crippen LogP) is 4.81. The molecule has 1 atom stereocenters. The van der Waals surface area contributed by atoms with Gasteiger partial charge in [0.1, 0.15) is 6.61 Å². The minimum atomic E-state index is 0.0178. The molecule has 2 aromatic carbocycles. The van der Waals surface area contributed by atoms with E-state index in [1.807, 2.05) is 12.1 Å². The van der Waals surface area contributed by atoms with E-state index in [4.69, 9.17) is 9.47 Å². The molecule has 1 N–H and O–H groups in total. The van der Waals surface area contributed by atoms with Crippen LogP contribution in [0, 0.1) is 0 Å². The van der Waals surface area contributed by atoms with Crippen molar-refractivity contribution in [3.63, 3.8) is 0 Å². The van der Waals surface area contributed by atoms with Gasteiger partial charge in [-0.2, -0.15) is 5.10 Å². The molecular weight excluding hydrogens is 390 g/mol. The van der Waals surface area contributed by atoms with Crippen LogP contribution in [0.5, 0.6) is 11.5 Å². The van der Waals surface area contributed by atoms with E-state index in [0.717, 1.165) is 37.9 Å². The number of benzene rings is 2. The van der Waals surface area contributed by atoms with Crippen molar-refractivity contribution in [2.24, 2.45) is 0 Å². The van der Waals surface area contributed by atoms with Crippen molar-refractivity contribution in [2.45, 2.75) is 45.1 Å². The molecule has 31 heavy (non-hydrogen) atoms. The summed E-state index contributed by atoms with van der Waals surface area (Å²) >= 11 is 0. The molecule has 6 heteroatoms. The zero-order valence-corrected chi connectivity index (χ0v) is 18.6. The highest BCUT2D eigenvalue weighted by Crippen LogP contribution is 2.33. The highest BCUT2D eigenvalue weighted by Gasteiger charge is 2.27. The van der Waals surface area contributed by atoms with Gasteiger partial charge in [-0.25, -0.2) is 0 Å². The lowest BCUT2D eigenvalue weighted by atomic mass is 9.91. The third-order valence-corrected chi connectivity index (χ3v) is 6.42. The third-order valence-electron chi connectivity index (χ3n) is 6.42. The first-order valence-electron chi connectivity index (χ1n) is 11.1. The molecule has 1 fully saturated rings. The predicted molar refractivity (Wildman–Crippen MR) is 122 cm³/mol. The Labute approximate surface area is 183 Å². The number of para-hydroxylation sites is 1. The van der Waals surface area contributed by atoms with Gasteiger partial charge in [-0.3, -0.25) is 14.8 Å². The number of likely N-dealkylation sites (tertiary alicyclic amines) is 1. The maximum atomic E-state index is 11.6. The summed E-state index contributed by atoms with van der Waals surface area (Å²) in [5.41, 5.74) is 2.95. The molecule has 4 rings (SSSR count). The van der Waals surface area contributed by atoms with Crippen molar-refractivity contribution >= 4 is 16.7 Å². The van der Waals surface area contributed by atoms with Crippen LogP contribution in [-0.2, 0) is 0 Å². The number of Topliss-reactive ketones (excluding diaryl/α,β-unsaturated/α-hetero) is 1. The molecule has 1 aromatic heterocycles. The number of carbonyl (C=O) groups is 1. The van der Waals surface area contributed by atoms with Crippen molar-refractivity contribution in [1.29, 1.82) is 0 Å². The molecule has 1 aliphatic heterocycles. The van der Waals surface area contributed by atoms with Crippen LogP contribution >= 0.6 is 0 Å². The Morgan fingerprint density at radius 2 is 1.97 bits per heavy atom. The van der Waals surface area contributed by atoms with Crippen LogP contribution in [0.25, 0.3) is 10.9 Å². The highest BCUT2D eigenvalue weighted by molar-refractivity contribution is 5.94. The van der Waals surface area contributed by atoms with Crippen LogP contribution < -0.4 is 9.47 Å². The number of hydrogen-bond acceptors (Lipinski definition) is 5. The van der Waals surface area contributed by atoms with Gasteiger partial charge in [0.15, 0.2) is 17.3 Å². The zero-order valence-electron chi connectivity index (χ0n) is 18.6. The van der Waals surface area contributed by atoms with Crippen LogP contribution in [0.4, 0.5) is 0 Å². The monoisotopic (exact) mass is 421 g/mol. The van der Waals surface area contributed by atoms with Crippen molar-refractivity contribution in [3.05, 3.63) is 53.7 Å². The number of nitrogens with one attached hydrogen (secondary N) is 1. The first-order valence-corrected chi connectivity index (χ1v) is 11.1. The van der Waals surface area contributed by atoms with E-state index < -0.39 is 0 Å². The summed E-state index contributed by atoms with van der Waals surface area (Å²) in [6, 6.07) is 14.1. The van der Waals surface area contributed by atoms with E-state index in [1.165, 1.54) is 11.1 Å². The molecule has 0 spiro atoms. The van der Waals surface area contributed by atoms with Crippen LogP contribution in [0.15, 0.2) is 42.5 Å². The topological polar surface area (TPSA) is 67.5 Å². The Morgan fingerprint density at radius 1 is 1.19 bits per heavy atom. The Kier molecular flexibility index (Phi) is 6.56. The van der Waals surface area contributed by atoms with E-state index in [1.54, 1.807) is 26.2 Å². The van der Waals surface area contributed by atoms with Gasteiger partial charge >= 0.3 is 0 Å². The van der Waals surface area contributed by atoms with Crippen LogP contribution in [-0.4, -0.2) is 53.7 Å². The largest absolute Gasteiger partial charge is 0.493 e. The van der Waals surface area contributed by atoms with Crippen LogP contribution in [0.3, 0.4) is 0 Å². The van der Waals surface area contributed by atoms with Gasteiger partial charge < -0.3 is 9.47 Å². The molecule has 0 amide bonds. The summed E-state index contributed by atoms with van der Waals surface area (Å²) in [6.45, 7) is 6.45. The lowest BCUT2D eigenvalue weighted by Gasteiger charge is -2.37. The fourth-order valence-corrected chi connectivity index (χ4v) is 4.52. The van der Waals surface area contributed by atoms with Crippen LogP contribution in [0.2, 0.25) is 0 Å². The average molecular weight is 422 g/mol. The number of ether oxygens (including phenoxy) is 2. The summed E-state index contributed by atoms with van der Waals surface area (Å²) in [7, 11) is 1.60. The maximum absolute atomic E-state index is 11.6. The van der Waals surface area contributed by atoms with Gasteiger partial charge in [-0.05, 0) is 63.5 Å². The highest BCUT2D eigenvalue weighted by atomic mass is 16.5. The molecule has 164 valence electrons. The molecule has 6 nitrogen and oxygen atoms in total. The normalized spacial score (nSPS) is 16.4. The van der Waals surface area contributed by atoms with Crippen molar-refractivity contribution in [1.82, 2.24) is 15.1 Å². The molecule has 1 saturated heterocycles. The molecule has 0 bridgehead atoms. The Hall–Kier alpha value is -2.86. The number of nitrogens with zero attached hydrogens (tertiary/aromatic N) is 2. The summed E-state index contributed by atoms with van der Waals surface area (Å²) in [4.78, 5) is 14.2. The van der Waals surface area contributed by atoms with E-state index >= 15 is 0 Å². The first kappa shape index (κ1) is 21.4. The Balaban J connectivity index is 1.37. The standard InChI is InChI=1S/C25H31N3O3/c1-4-20(16-31-23-10-9-19(17(2)29)15-24(23)30-3)28-13-11-18(12-14-28)25-21-7-5-6-8-22(21)26-27-25/h5-10,15,18,20H,4,11-14,16H2,1-3H3,(H,26,27). The Morgan fingerprint density at radius 3 is 2.68 bits per heavy atom. The number of aromatic nitrogens is 2. The number of hydrogen-bond donors (Lipinski definition) is 1. The van der Waals surface area contributed by atoms with Gasteiger partial charge in [0.05, 0.1) is 12.6 Å². The summed E-state index contributed by atoms with van der Waals surface area (Å²) < 4.78 is 11.6. The van der Waals surface area contributed by atoms with Gasteiger partial charge in [0.2, 0.25) is 0 Å².